The Morgan fingerprint density at radius 3 is 0.977 bits per heavy atom. The van der Waals surface area contributed by atoms with E-state index in [1.807, 2.05) is 13.8 Å². The first-order valence-electron chi connectivity index (χ1n) is 13.8. The molecule has 0 aliphatic carbocycles. The lowest BCUT2D eigenvalue weighted by atomic mass is 10.2. The van der Waals surface area contributed by atoms with Crippen molar-refractivity contribution >= 4 is 20.2 Å². The van der Waals surface area contributed by atoms with Gasteiger partial charge in [0.15, 0.2) is 23.0 Å². The minimum Gasteiger partial charge on any atom is -0.487 e. The van der Waals surface area contributed by atoms with Crippen LogP contribution in [-0.2, 0) is 28.6 Å². The SMILES string of the molecule is Cc1ccc(S(=O)(=O)OCCOc2ccccc2OCCOc2ccccc2OCCOS(=O)(=O)c2ccc(C)cc2)cc1. The third kappa shape index (κ3) is 9.71. The molecule has 0 radical (unpaired) electrons. The van der Waals surface area contributed by atoms with Gasteiger partial charge in [0.2, 0.25) is 0 Å². The molecule has 4 rings (SSSR count). The Balaban J connectivity index is 1.20. The highest BCUT2D eigenvalue weighted by atomic mass is 32.2. The molecule has 0 spiro atoms. The average molecular weight is 643 g/mol. The second kappa shape index (κ2) is 15.6. The zero-order valence-corrected chi connectivity index (χ0v) is 26.0. The van der Waals surface area contributed by atoms with Crippen LogP contribution < -0.4 is 18.9 Å². The van der Waals surface area contributed by atoms with Gasteiger partial charge in [0.05, 0.1) is 9.79 Å². The number of aryl methyl sites for hydroxylation is 2. The summed E-state index contributed by atoms with van der Waals surface area (Å²) in [5.74, 6) is 1.75. The lowest BCUT2D eigenvalue weighted by Crippen LogP contribution is -2.14. The van der Waals surface area contributed by atoms with Gasteiger partial charge in [-0.15, -0.1) is 0 Å². The predicted octanol–water partition coefficient (Wildman–Crippen LogP) is 5.33. The van der Waals surface area contributed by atoms with Crippen LogP contribution in [0.15, 0.2) is 107 Å². The van der Waals surface area contributed by atoms with Gasteiger partial charge in [0, 0.05) is 0 Å². The molecule has 0 bridgehead atoms. The molecule has 234 valence electrons. The van der Waals surface area contributed by atoms with Crippen molar-refractivity contribution in [3.8, 4) is 23.0 Å². The summed E-state index contributed by atoms with van der Waals surface area (Å²) in [6.07, 6.45) is 0. The standard InChI is InChI=1S/C32H34O10S2/c1-25-11-15-27(16-12-25)43(33,34)41-23-21-39-31-9-5-3-7-29(31)37-19-20-38-30-8-4-6-10-32(30)40-22-24-42-44(35,36)28-17-13-26(2)14-18-28/h3-18H,19-24H2,1-2H3. The molecular weight excluding hydrogens is 608 g/mol. The van der Waals surface area contributed by atoms with Crippen LogP contribution >= 0.6 is 0 Å². The van der Waals surface area contributed by atoms with Crippen molar-refractivity contribution in [2.24, 2.45) is 0 Å². The number of hydrogen-bond acceptors (Lipinski definition) is 10. The van der Waals surface area contributed by atoms with Crippen molar-refractivity contribution in [2.45, 2.75) is 23.6 Å². The maximum atomic E-state index is 12.4. The Kier molecular flexibility index (Phi) is 11.6. The zero-order valence-electron chi connectivity index (χ0n) is 24.4. The number of rotatable bonds is 17. The summed E-state index contributed by atoms with van der Waals surface area (Å²) >= 11 is 0. The molecule has 0 atom stereocenters. The summed E-state index contributed by atoms with van der Waals surface area (Å²) in [5.41, 5.74) is 1.89. The van der Waals surface area contributed by atoms with E-state index in [2.05, 4.69) is 0 Å². The second-order valence-corrected chi connectivity index (χ2v) is 12.7. The average Bonchev–Trinajstić information content (AvgIpc) is 3.01. The van der Waals surface area contributed by atoms with E-state index in [0.717, 1.165) is 11.1 Å². The van der Waals surface area contributed by atoms with E-state index in [-0.39, 0.29) is 49.4 Å². The molecule has 0 fully saturated rings. The molecule has 0 aliphatic heterocycles. The second-order valence-electron chi connectivity index (χ2n) is 9.47. The van der Waals surface area contributed by atoms with E-state index in [0.29, 0.717) is 23.0 Å². The van der Waals surface area contributed by atoms with Crippen LogP contribution in [0.1, 0.15) is 11.1 Å². The minimum atomic E-state index is -3.89. The number of ether oxygens (including phenoxy) is 4. The molecule has 0 heterocycles. The summed E-state index contributed by atoms with van der Waals surface area (Å²) in [4.78, 5) is 0.163. The molecule has 0 N–H and O–H groups in total. The van der Waals surface area contributed by atoms with E-state index in [4.69, 9.17) is 27.3 Å². The molecule has 0 saturated carbocycles. The monoisotopic (exact) mass is 642 g/mol. The summed E-state index contributed by atoms with van der Waals surface area (Å²) in [6.45, 7) is 3.71. The highest BCUT2D eigenvalue weighted by Crippen LogP contribution is 2.28. The molecular formula is C32H34O10S2. The van der Waals surface area contributed by atoms with Gasteiger partial charge in [-0.05, 0) is 62.4 Å². The summed E-state index contributed by atoms with van der Waals surface area (Å²) in [6, 6.07) is 26.8. The number of benzene rings is 4. The lowest BCUT2D eigenvalue weighted by Gasteiger charge is -2.15. The van der Waals surface area contributed by atoms with Crippen molar-refractivity contribution in [1.29, 1.82) is 0 Å². The maximum Gasteiger partial charge on any atom is 0.297 e. The molecule has 4 aromatic carbocycles. The molecule has 12 heteroatoms. The van der Waals surface area contributed by atoms with E-state index >= 15 is 0 Å². The smallest absolute Gasteiger partial charge is 0.297 e. The van der Waals surface area contributed by atoms with Crippen LogP contribution in [0.25, 0.3) is 0 Å². The third-order valence-electron chi connectivity index (χ3n) is 6.07. The van der Waals surface area contributed by atoms with Gasteiger partial charge < -0.3 is 18.9 Å². The van der Waals surface area contributed by atoms with Crippen molar-refractivity contribution in [1.82, 2.24) is 0 Å². The first-order valence-corrected chi connectivity index (χ1v) is 16.6. The predicted molar refractivity (Wildman–Crippen MR) is 163 cm³/mol. The summed E-state index contributed by atoms with van der Waals surface area (Å²) in [7, 11) is -7.78. The Bertz CT molecular complexity index is 1570. The first kappa shape index (κ1) is 32.8. The highest BCUT2D eigenvalue weighted by molar-refractivity contribution is 7.87. The molecule has 0 aromatic heterocycles. The Hall–Kier alpha value is -4.10. The third-order valence-corrected chi connectivity index (χ3v) is 8.73. The highest BCUT2D eigenvalue weighted by Gasteiger charge is 2.16. The molecule has 0 saturated heterocycles. The fraction of sp³-hybridized carbons (Fsp3) is 0.250. The lowest BCUT2D eigenvalue weighted by molar-refractivity contribution is 0.184. The minimum absolute atomic E-state index is 0.0112. The van der Waals surface area contributed by atoms with Crippen LogP contribution in [0.4, 0.5) is 0 Å². The van der Waals surface area contributed by atoms with Gasteiger partial charge >= 0.3 is 0 Å². The summed E-state index contributed by atoms with van der Waals surface area (Å²) < 4.78 is 82.7. The fourth-order valence-corrected chi connectivity index (χ4v) is 5.60. The van der Waals surface area contributed by atoms with E-state index in [1.54, 1.807) is 72.8 Å². The Morgan fingerprint density at radius 1 is 0.409 bits per heavy atom. The van der Waals surface area contributed by atoms with Gasteiger partial charge in [0.25, 0.3) is 20.2 Å². The van der Waals surface area contributed by atoms with Crippen molar-refractivity contribution in [2.75, 3.05) is 39.6 Å². The van der Waals surface area contributed by atoms with Gasteiger partial charge in [-0.25, -0.2) is 0 Å². The van der Waals surface area contributed by atoms with Crippen molar-refractivity contribution in [3.05, 3.63) is 108 Å². The first-order chi connectivity index (χ1) is 21.1. The molecule has 4 aromatic rings. The van der Waals surface area contributed by atoms with Crippen LogP contribution in [-0.4, -0.2) is 56.5 Å². The summed E-state index contributed by atoms with van der Waals surface area (Å²) in [5, 5.41) is 0. The molecule has 0 aliphatic rings. The van der Waals surface area contributed by atoms with Crippen molar-refractivity contribution in [3.63, 3.8) is 0 Å². The topological polar surface area (TPSA) is 124 Å². The van der Waals surface area contributed by atoms with Gasteiger partial charge in [-0.3, -0.25) is 8.37 Å². The number of para-hydroxylation sites is 4. The number of hydrogen-bond donors (Lipinski definition) is 0. The molecule has 10 nitrogen and oxygen atoms in total. The van der Waals surface area contributed by atoms with Gasteiger partial charge in [0.1, 0.15) is 39.6 Å². The molecule has 44 heavy (non-hydrogen) atoms. The van der Waals surface area contributed by atoms with Crippen molar-refractivity contribution < 1.29 is 44.1 Å². The Labute approximate surface area is 258 Å². The normalized spacial score (nSPS) is 11.6. The van der Waals surface area contributed by atoms with E-state index in [9.17, 15) is 16.8 Å². The largest absolute Gasteiger partial charge is 0.487 e. The van der Waals surface area contributed by atoms with Crippen LogP contribution in [0.5, 0.6) is 23.0 Å². The maximum absolute atomic E-state index is 12.4. The quantitative estimate of drug-likeness (QED) is 0.110. The van der Waals surface area contributed by atoms with Gasteiger partial charge in [-0.1, -0.05) is 59.7 Å². The molecule has 0 unspecified atom stereocenters. The fourth-order valence-electron chi connectivity index (χ4n) is 3.82. The molecule has 0 amide bonds. The van der Waals surface area contributed by atoms with Crippen LogP contribution in [0, 0.1) is 13.8 Å². The van der Waals surface area contributed by atoms with E-state index < -0.39 is 20.2 Å². The van der Waals surface area contributed by atoms with E-state index in [1.165, 1.54) is 24.3 Å². The van der Waals surface area contributed by atoms with Crippen LogP contribution in [0.3, 0.4) is 0 Å². The Morgan fingerprint density at radius 2 is 0.682 bits per heavy atom. The van der Waals surface area contributed by atoms with Crippen LogP contribution in [0.2, 0.25) is 0 Å². The van der Waals surface area contributed by atoms with Gasteiger partial charge in [-0.2, -0.15) is 16.8 Å². The zero-order chi connectivity index (χ0) is 31.4.